The first-order valence-electron chi connectivity index (χ1n) is 9.47. The van der Waals surface area contributed by atoms with Crippen LogP contribution < -0.4 is 11.1 Å². The number of amides is 1. The Bertz CT molecular complexity index is 764. The molecule has 7 heteroatoms. The maximum Gasteiger partial charge on any atom is 0.236 e. The van der Waals surface area contributed by atoms with Gasteiger partial charge in [0.1, 0.15) is 17.7 Å². The van der Waals surface area contributed by atoms with E-state index in [9.17, 15) is 13.6 Å². The van der Waals surface area contributed by atoms with E-state index < -0.39 is 0 Å². The third-order valence-corrected chi connectivity index (χ3v) is 5.03. The predicted octanol–water partition coefficient (Wildman–Crippen LogP) is 2.33. The van der Waals surface area contributed by atoms with Gasteiger partial charge in [-0.3, -0.25) is 4.79 Å². The Morgan fingerprint density at radius 1 is 1.10 bits per heavy atom. The Morgan fingerprint density at radius 3 is 2.17 bits per heavy atom. The molecule has 1 unspecified atom stereocenters. The Hall–Kier alpha value is -2.77. The van der Waals surface area contributed by atoms with Crippen LogP contribution in [0.4, 0.5) is 8.78 Å². The van der Waals surface area contributed by atoms with Crippen molar-refractivity contribution in [2.75, 3.05) is 19.6 Å². The molecule has 1 atom stereocenters. The van der Waals surface area contributed by atoms with Gasteiger partial charge in [0, 0.05) is 25.6 Å². The summed E-state index contributed by atoms with van der Waals surface area (Å²) in [6.45, 7) is 2.09. The number of carbonyl (C=O) groups excluding carboxylic acids is 1. The molecule has 5 N–H and O–H groups in total. The predicted molar refractivity (Wildman–Crippen MR) is 109 cm³/mol. The van der Waals surface area contributed by atoms with Gasteiger partial charge in [0.15, 0.2) is 0 Å². The summed E-state index contributed by atoms with van der Waals surface area (Å²) < 4.78 is 26.6. The fourth-order valence-corrected chi connectivity index (χ4v) is 3.50. The number of carbonyl (C=O) groups is 1. The number of allylic oxidation sites excluding steroid dienone is 1. The van der Waals surface area contributed by atoms with Gasteiger partial charge in [-0.05, 0) is 54.4 Å². The molecule has 0 aromatic heterocycles. The molecule has 1 aliphatic rings. The maximum atomic E-state index is 13.3. The molecular formula is C22H27F2N3O2. The molecular weight excluding hydrogens is 376 g/mol. The number of hydrogen-bond acceptors (Lipinski definition) is 3. The molecule has 0 aliphatic carbocycles. The summed E-state index contributed by atoms with van der Waals surface area (Å²) in [5.74, 6) is -0.841. The highest BCUT2D eigenvalue weighted by Crippen LogP contribution is 2.29. The van der Waals surface area contributed by atoms with E-state index in [1.54, 1.807) is 24.3 Å². The zero-order valence-electron chi connectivity index (χ0n) is 16.2. The van der Waals surface area contributed by atoms with E-state index in [1.807, 2.05) is 6.20 Å². The quantitative estimate of drug-likeness (QED) is 0.744. The van der Waals surface area contributed by atoms with E-state index in [-0.39, 0.29) is 35.0 Å². The highest BCUT2D eigenvalue weighted by atomic mass is 19.1. The first kappa shape index (κ1) is 22.5. The number of primary amides is 1. The van der Waals surface area contributed by atoms with Crippen molar-refractivity contribution in [3.05, 3.63) is 83.6 Å². The molecule has 5 nitrogen and oxygen atoms in total. The third kappa shape index (κ3) is 6.37. The number of rotatable bonds is 7. The molecule has 2 aromatic rings. The smallest absolute Gasteiger partial charge is 0.236 e. The summed E-state index contributed by atoms with van der Waals surface area (Å²) in [5, 5.41) is 3.10. The van der Waals surface area contributed by atoms with Gasteiger partial charge < -0.3 is 21.4 Å². The number of piperazine rings is 1. The molecule has 1 heterocycles. The lowest BCUT2D eigenvalue weighted by Crippen LogP contribution is -2.54. The SMILES string of the molecule is NC(=O)C1CN(/C=C/CCC(c2ccc(F)cc2)c2ccc(F)cc2)CCN1.O. The van der Waals surface area contributed by atoms with Crippen molar-refractivity contribution >= 4 is 5.91 Å². The number of benzene rings is 2. The van der Waals surface area contributed by atoms with Crippen molar-refractivity contribution in [3.8, 4) is 0 Å². The average molecular weight is 403 g/mol. The number of nitrogens with zero attached hydrogens (tertiary/aromatic N) is 1. The van der Waals surface area contributed by atoms with E-state index >= 15 is 0 Å². The standard InChI is InChI=1S/C22H25F2N3O.H2O/c23-18-8-4-16(5-9-18)20(17-6-10-19(24)11-7-17)3-1-2-13-27-14-12-26-21(15-27)22(25)28;/h2,4-11,13,20-21,26H,1,3,12,14-15H2,(H2,25,28);1H2/b13-2+;. The monoisotopic (exact) mass is 403 g/mol. The van der Waals surface area contributed by atoms with Crippen LogP contribution in [0.1, 0.15) is 29.9 Å². The van der Waals surface area contributed by atoms with Crippen LogP contribution in [0.3, 0.4) is 0 Å². The second-order valence-corrected chi connectivity index (χ2v) is 7.02. The van der Waals surface area contributed by atoms with Crippen LogP contribution in [0.5, 0.6) is 0 Å². The number of halogens is 2. The van der Waals surface area contributed by atoms with Gasteiger partial charge in [0.2, 0.25) is 5.91 Å². The van der Waals surface area contributed by atoms with E-state index in [2.05, 4.69) is 16.3 Å². The number of hydrogen-bond donors (Lipinski definition) is 2. The maximum absolute atomic E-state index is 13.3. The van der Waals surface area contributed by atoms with Gasteiger partial charge in [-0.25, -0.2) is 8.78 Å². The van der Waals surface area contributed by atoms with Gasteiger partial charge in [-0.15, -0.1) is 0 Å². The molecule has 1 amide bonds. The molecule has 0 bridgehead atoms. The molecule has 1 fully saturated rings. The summed E-state index contributed by atoms with van der Waals surface area (Å²) >= 11 is 0. The molecule has 0 spiro atoms. The van der Waals surface area contributed by atoms with E-state index in [0.29, 0.717) is 13.1 Å². The van der Waals surface area contributed by atoms with Gasteiger partial charge in [-0.2, -0.15) is 0 Å². The molecule has 2 aromatic carbocycles. The largest absolute Gasteiger partial charge is 0.412 e. The normalized spacial score (nSPS) is 16.8. The minimum absolute atomic E-state index is 0. The fraction of sp³-hybridized carbons (Fsp3) is 0.318. The van der Waals surface area contributed by atoms with E-state index in [4.69, 9.17) is 5.73 Å². The summed E-state index contributed by atoms with van der Waals surface area (Å²) in [4.78, 5) is 13.4. The van der Waals surface area contributed by atoms with Crippen LogP contribution in [0.2, 0.25) is 0 Å². The lowest BCUT2D eigenvalue weighted by Gasteiger charge is -2.31. The Balaban J connectivity index is 0.00000300. The number of nitrogens with one attached hydrogen (secondary N) is 1. The van der Waals surface area contributed by atoms with Crippen molar-refractivity contribution < 1.29 is 19.1 Å². The number of nitrogens with two attached hydrogens (primary N) is 1. The summed E-state index contributed by atoms with van der Waals surface area (Å²) in [5.41, 5.74) is 7.36. The van der Waals surface area contributed by atoms with Crippen LogP contribution >= 0.6 is 0 Å². The van der Waals surface area contributed by atoms with Gasteiger partial charge in [0.05, 0.1) is 0 Å². The van der Waals surface area contributed by atoms with Crippen molar-refractivity contribution in [2.45, 2.75) is 24.8 Å². The van der Waals surface area contributed by atoms with Gasteiger partial charge >= 0.3 is 0 Å². The third-order valence-electron chi connectivity index (χ3n) is 5.03. The first-order valence-corrected chi connectivity index (χ1v) is 9.47. The van der Waals surface area contributed by atoms with Crippen molar-refractivity contribution in [1.29, 1.82) is 0 Å². The molecule has 0 radical (unpaired) electrons. The molecule has 0 saturated carbocycles. The summed E-state index contributed by atoms with van der Waals surface area (Å²) in [6, 6.07) is 12.6. The summed E-state index contributed by atoms with van der Waals surface area (Å²) in [6.07, 6.45) is 5.68. The van der Waals surface area contributed by atoms with Crippen LogP contribution in [0, 0.1) is 11.6 Å². The van der Waals surface area contributed by atoms with Crippen LogP contribution in [-0.4, -0.2) is 42.0 Å². The van der Waals surface area contributed by atoms with Crippen LogP contribution in [-0.2, 0) is 4.79 Å². The van der Waals surface area contributed by atoms with Crippen molar-refractivity contribution in [1.82, 2.24) is 10.2 Å². The van der Waals surface area contributed by atoms with Crippen molar-refractivity contribution in [3.63, 3.8) is 0 Å². The second-order valence-electron chi connectivity index (χ2n) is 7.02. The topological polar surface area (TPSA) is 89.9 Å². The second kappa shape index (κ2) is 10.7. The highest BCUT2D eigenvalue weighted by molar-refractivity contribution is 5.80. The molecule has 1 aliphatic heterocycles. The van der Waals surface area contributed by atoms with E-state index in [0.717, 1.165) is 30.5 Å². The zero-order chi connectivity index (χ0) is 19.9. The fourth-order valence-electron chi connectivity index (χ4n) is 3.50. The van der Waals surface area contributed by atoms with E-state index in [1.165, 1.54) is 24.3 Å². The lowest BCUT2D eigenvalue weighted by atomic mass is 9.87. The minimum atomic E-state index is -0.342. The average Bonchev–Trinajstić information content (AvgIpc) is 2.70. The Morgan fingerprint density at radius 2 is 1.66 bits per heavy atom. The van der Waals surface area contributed by atoms with Crippen LogP contribution in [0.25, 0.3) is 0 Å². The lowest BCUT2D eigenvalue weighted by molar-refractivity contribution is -0.120. The molecule has 29 heavy (non-hydrogen) atoms. The van der Waals surface area contributed by atoms with Crippen LogP contribution in [0.15, 0.2) is 60.8 Å². The summed E-state index contributed by atoms with van der Waals surface area (Å²) in [7, 11) is 0. The van der Waals surface area contributed by atoms with Gasteiger partial charge in [-0.1, -0.05) is 30.3 Å². The zero-order valence-corrected chi connectivity index (χ0v) is 16.2. The molecule has 156 valence electrons. The van der Waals surface area contributed by atoms with Crippen molar-refractivity contribution in [2.24, 2.45) is 5.73 Å². The molecule has 1 saturated heterocycles. The Labute approximate surface area is 169 Å². The highest BCUT2D eigenvalue weighted by Gasteiger charge is 2.21. The first-order chi connectivity index (χ1) is 13.5. The molecule has 3 rings (SSSR count). The van der Waals surface area contributed by atoms with Gasteiger partial charge in [0.25, 0.3) is 0 Å². The minimum Gasteiger partial charge on any atom is -0.412 e. The Kier molecular flexibility index (Phi) is 8.30.